The summed E-state index contributed by atoms with van der Waals surface area (Å²) in [4.78, 5) is 7.47. The van der Waals surface area contributed by atoms with Gasteiger partial charge in [-0.25, -0.2) is 4.39 Å². The fourth-order valence-corrected chi connectivity index (χ4v) is 3.55. The van der Waals surface area contributed by atoms with Crippen molar-refractivity contribution in [1.29, 1.82) is 0 Å². The van der Waals surface area contributed by atoms with Crippen molar-refractivity contribution in [2.45, 2.75) is 19.5 Å². The summed E-state index contributed by atoms with van der Waals surface area (Å²) in [7, 11) is 1.97. The van der Waals surface area contributed by atoms with Crippen molar-refractivity contribution in [3.8, 4) is 10.7 Å². The maximum absolute atomic E-state index is 13.0. The zero-order chi connectivity index (χ0) is 16.4. The SMILES string of the molecule is C[C@@H](c1ccc(F)cc1)N(C)Cc1nc(-c2cc(Br)cs2)no1. The number of nitrogens with zero attached hydrogens (tertiary/aromatic N) is 3. The number of benzene rings is 1. The maximum Gasteiger partial charge on any atom is 0.241 e. The van der Waals surface area contributed by atoms with E-state index in [9.17, 15) is 4.39 Å². The molecular formula is C16H15BrFN3OS. The summed E-state index contributed by atoms with van der Waals surface area (Å²) >= 11 is 4.97. The van der Waals surface area contributed by atoms with Crippen LogP contribution in [-0.2, 0) is 6.54 Å². The number of hydrogen-bond acceptors (Lipinski definition) is 5. The molecule has 120 valence electrons. The summed E-state index contributed by atoms with van der Waals surface area (Å²) in [6.45, 7) is 2.58. The fourth-order valence-electron chi connectivity index (χ4n) is 2.20. The third-order valence-corrected chi connectivity index (χ3v) is 5.34. The monoisotopic (exact) mass is 395 g/mol. The van der Waals surface area contributed by atoms with Gasteiger partial charge in [0, 0.05) is 15.9 Å². The number of thiophene rings is 1. The highest BCUT2D eigenvalue weighted by Crippen LogP contribution is 2.28. The summed E-state index contributed by atoms with van der Waals surface area (Å²) in [5.74, 6) is 0.923. The van der Waals surface area contributed by atoms with Crippen LogP contribution in [0.15, 0.2) is 44.7 Å². The molecule has 0 fully saturated rings. The van der Waals surface area contributed by atoms with Crippen LogP contribution in [0.25, 0.3) is 10.7 Å². The average molecular weight is 396 g/mol. The molecule has 0 saturated carbocycles. The third-order valence-electron chi connectivity index (χ3n) is 3.65. The summed E-state index contributed by atoms with van der Waals surface area (Å²) in [5.41, 5.74) is 1.04. The zero-order valence-corrected chi connectivity index (χ0v) is 15.1. The van der Waals surface area contributed by atoms with Crippen molar-refractivity contribution in [2.24, 2.45) is 0 Å². The van der Waals surface area contributed by atoms with Crippen LogP contribution in [0.4, 0.5) is 4.39 Å². The highest BCUT2D eigenvalue weighted by molar-refractivity contribution is 9.10. The minimum atomic E-state index is -0.229. The van der Waals surface area contributed by atoms with Gasteiger partial charge in [-0.05, 0) is 53.7 Å². The van der Waals surface area contributed by atoms with E-state index in [1.165, 1.54) is 12.1 Å². The van der Waals surface area contributed by atoms with Crippen molar-refractivity contribution >= 4 is 27.3 Å². The predicted molar refractivity (Wildman–Crippen MR) is 91.6 cm³/mol. The Morgan fingerprint density at radius 1 is 1.35 bits per heavy atom. The lowest BCUT2D eigenvalue weighted by atomic mass is 10.1. The molecule has 1 atom stereocenters. The van der Waals surface area contributed by atoms with E-state index in [2.05, 4.69) is 37.9 Å². The number of hydrogen-bond donors (Lipinski definition) is 0. The van der Waals surface area contributed by atoms with E-state index in [0.717, 1.165) is 14.9 Å². The Morgan fingerprint density at radius 3 is 2.74 bits per heavy atom. The lowest BCUT2D eigenvalue weighted by Gasteiger charge is -2.23. The predicted octanol–water partition coefficient (Wildman–Crippen LogP) is 4.89. The van der Waals surface area contributed by atoms with Crippen LogP contribution < -0.4 is 0 Å². The largest absolute Gasteiger partial charge is 0.338 e. The molecule has 3 rings (SSSR count). The van der Waals surface area contributed by atoms with E-state index in [-0.39, 0.29) is 11.9 Å². The molecule has 0 aliphatic carbocycles. The van der Waals surface area contributed by atoms with Gasteiger partial charge in [0.15, 0.2) is 0 Å². The Morgan fingerprint density at radius 2 is 2.09 bits per heavy atom. The minimum Gasteiger partial charge on any atom is -0.338 e. The van der Waals surface area contributed by atoms with Crippen molar-refractivity contribution in [3.05, 3.63) is 57.5 Å². The lowest BCUT2D eigenvalue weighted by Crippen LogP contribution is -2.22. The van der Waals surface area contributed by atoms with E-state index >= 15 is 0 Å². The van der Waals surface area contributed by atoms with Crippen LogP contribution in [0.3, 0.4) is 0 Å². The van der Waals surface area contributed by atoms with Crippen molar-refractivity contribution in [2.75, 3.05) is 7.05 Å². The molecule has 0 unspecified atom stereocenters. The third kappa shape index (κ3) is 3.85. The first-order chi connectivity index (χ1) is 11.0. The molecule has 4 nitrogen and oxygen atoms in total. The summed E-state index contributed by atoms with van der Waals surface area (Å²) in [6, 6.07) is 8.60. The first-order valence-electron chi connectivity index (χ1n) is 7.05. The fraction of sp³-hybridized carbons (Fsp3) is 0.250. The minimum absolute atomic E-state index is 0.113. The molecule has 0 aliphatic heterocycles. The van der Waals surface area contributed by atoms with Crippen LogP contribution in [0.1, 0.15) is 24.4 Å². The van der Waals surface area contributed by atoms with Crippen LogP contribution in [0.2, 0.25) is 0 Å². The molecule has 2 aromatic heterocycles. The highest BCUT2D eigenvalue weighted by Gasteiger charge is 2.16. The molecule has 3 aromatic rings. The first-order valence-corrected chi connectivity index (χ1v) is 8.73. The van der Waals surface area contributed by atoms with E-state index in [0.29, 0.717) is 18.3 Å². The van der Waals surface area contributed by atoms with E-state index in [4.69, 9.17) is 4.52 Å². The van der Waals surface area contributed by atoms with Gasteiger partial charge < -0.3 is 4.52 Å². The normalized spacial score (nSPS) is 12.7. The summed E-state index contributed by atoms with van der Waals surface area (Å²) < 4.78 is 19.4. The standard InChI is InChI=1S/C16H15BrFN3OS/c1-10(11-3-5-13(18)6-4-11)21(2)8-15-19-16(20-22-15)14-7-12(17)9-23-14/h3-7,9-10H,8H2,1-2H3/t10-/m0/s1. The lowest BCUT2D eigenvalue weighted by molar-refractivity contribution is 0.216. The molecule has 0 amide bonds. The summed E-state index contributed by atoms with van der Waals surface area (Å²) in [5, 5.41) is 6.00. The molecule has 0 spiro atoms. The summed E-state index contributed by atoms with van der Waals surface area (Å²) in [6.07, 6.45) is 0. The molecule has 0 N–H and O–H groups in total. The average Bonchev–Trinajstić information content (AvgIpc) is 3.16. The van der Waals surface area contributed by atoms with Crippen LogP contribution in [0.5, 0.6) is 0 Å². The van der Waals surface area contributed by atoms with Gasteiger partial charge in [0.1, 0.15) is 5.82 Å². The van der Waals surface area contributed by atoms with Crippen LogP contribution in [-0.4, -0.2) is 22.1 Å². The topological polar surface area (TPSA) is 42.2 Å². The zero-order valence-electron chi connectivity index (χ0n) is 12.7. The van der Waals surface area contributed by atoms with Crippen LogP contribution in [0, 0.1) is 5.82 Å². The molecule has 0 aliphatic rings. The van der Waals surface area contributed by atoms with Crippen LogP contribution >= 0.6 is 27.3 Å². The van der Waals surface area contributed by atoms with Crippen molar-refractivity contribution in [3.63, 3.8) is 0 Å². The second-order valence-electron chi connectivity index (χ2n) is 5.28. The Bertz CT molecular complexity index is 787. The second-order valence-corrected chi connectivity index (χ2v) is 7.11. The molecule has 1 aromatic carbocycles. The van der Waals surface area contributed by atoms with E-state index in [1.807, 2.05) is 18.5 Å². The molecule has 7 heteroatoms. The van der Waals surface area contributed by atoms with Gasteiger partial charge in [0.2, 0.25) is 11.7 Å². The number of halogens is 2. The number of aromatic nitrogens is 2. The van der Waals surface area contributed by atoms with Gasteiger partial charge in [0.05, 0.1) is 11.4 Å². The molecule has 0 saturated heterocycles. The van der Waals surface area contributed by atoms with Gasteiger partial charge in [-0.15, -0.1) is 11.3 Å². The molecular weight excluding hydrogens is 381 g/mol. The van der Waals surface area contributed by atoms with Gasteiger partial charge in [-0.1, -0.05) is 17.3 Å². The Hall–Kier alpha value is -1.57. The smallest absolute Gasteiger partial charge is 0.241 e. The second kappa shape index (κ2) is 6.90. The Labute approximate surface area is 146 Å². The Balaban J connectivity index is 1.69. The number of rotatable bonds is 5. The molecule has 0 bridgehead atoms. The highest BCUT2D eigenvalue weighted by atomic mass is 79.9. The Kier molecular flexibility index (Phi) is 4.89. The quantitative estimate of drug-likeness (QED) is 0.616. The maximum atomic E-state index is 13.0. The molecule has 0 radical (unpaired) electrons. The van der Waals surface area contributed by atoms with Crippen molar-refractivity contribution in [1.82, 2.24) is 15.0 Å². The first kappa shape index (κ1) is 16.3. The molecule has 23 heavy (non-hydrogen) atoms. The molecule has 2 heterocycles. The van der Waals surface area contributed by atoms with Gasteiger partial charge in [-0.3, -0.25) is 4.90 Å². The van der Waals surface area contributed by atoms with E-state index < -0.39 is 0 Å². The van der Waals surface area contributed by atoms with Crippen molar-refractivity contribution < 1.29 is 8.91 Å². The van der Waals surface area contributed by atoms with Gasteiger partial charge in [0.25, 0.3) is 0 Å². The van der Waals surface area contributed by atoms with Gasteiger partial charge >= 0.3 is 0 Å². The van der Waals surface area contributed by atoms with E-state index in [1.54, 1.807) is 23.5 Å². The van der Waals surface area contributed by atoms with Gasteiger partial charge in [-0.2, -0.15) is 4.98 Å².